The number of Topliss-reactive ketones (excluding diaryl/α,β-unsaturated/α-hetero) is 1. The summed E-state index contributed by atoms with van der Waals surface area (Å²) in [6.07, 6.45) is 1.14. The third kappa shape index (κ3) is 4.03. The molecule has 0 aliphatic rings. The van der Waals surface area contributed by atoms with Gasteiger partial charge in [0.05, 0.1) is 10.6 Å². The van der Waals surface area contributed by atoms with Gasteiger partial charge in [0.25, 0.3) is 0 Å². The van der Waals surface area contributed by atoms with Crippen LogP contribution in [0.2, 0.25) is 0 Å². The van der Waals surface area contributed by atoms with E-state index < -0.39 is 9.84 Å². The number of hydrogen-bond acceptors (Lipinski definition) is 6. The molecule has 1 heterocycles. The second-order valence-electron chi connectivity index (χ2n) is 5.74. The average Bonchev–Trinajstić information content (AvgIpc) is 3.00. The highest BCUT2D eigenvalue weighted by Gasteiger charge is 2.14. The summed E-state index contributed by atoms with van der Waals surface area (Å²) in [5, 5.41) is 8.98. The Morgan fingerprint density at radius 1 is 1.04 bits per heavy atom. The van der Waals surface area contributed by atoms with E-state index in [1.54, 1.807) is 0 Å². The van der Waals surface area contributed by atoms with Gasteiger partial charge < -0.3 is 4.57 Å². The minimum absolute atomic E-state index is 0.0979. The molecule has 0 aliphatic heterocycles. The van der Waals surface area contributed by atoms with Gasteiger partial charge in [0, 0.05) is 24.4 Å². The molecule has 0 radical (unpaired) electrons. The van der Waals surface area contributed by atoms with Crippen molar-refractivity contribution in [3.63, 3.8) is 0 Å². The lowest BCUT2D eigenvalue weighted by Gasteiger charge is -2.04. The maximum Gasteiger partial charge on any atom is 0.191 e. The van der Waals surface area contributed by atoms with E-state index in [1.165, 1.54) is 36.0 Å². The number of aromatic nitrogens is 3. The predicted molar refractivity (Wildman–Crippen MR) is 101 cm³/mol. The van der Waals surface area contributed by atoms with Gasteiger partial charge in [-0.05, 0) is 12.1 Å². The molecule has 0 saturated heterocycles. The first-order valence-corrected chi connectivity index (χ1v) is 10.6. The van der Waals surface area contributed by atoms with Crippen molar-refractivity contribution >= 4 is 27.4 Å². The van der Waals surface area contributed by atoms with Crippen molar-refractivity contribution < 1.29 is 13.2 Å². The zero-order chi connectivity index (χ0) is 18.7. The van der Waals surface area contributed by atoms with E-state index in [2.05, 4.69) is 10.2 Å². The van der Waals surface area contributed by atoms with Crippen molar-refractivity contribution in [1.82, 2.24) is 14.8 Å². The number of carbonyl (C=O) groups is 1. The summed E-state index contributed by atoms with van der Waals surface area (Å²) < 4.78 is 24.8. The number of thioether (sulfide) groups is 1. The van der Waals surface area contributed by atoms with Crippen LogP contribution in [0.25, 0.3) is 11.4 Å². The van der Waals surface area contributed by atoms with Gasteiger partial charge >= 0.3 is 0 Å². The standard InChI is InChI=1S/C18H17N3O3S2/c1-21-17(14-6-4-3-5-7-14)19-20-18(21)25-12-16(22)13-8-10-15(11-9-13)26(2,23)24/h3-11H,12H2,1-2H3. The highest BCUT2D eigenvalue weighted by atomic mass is 32.2. The van der Waals surface area contributed by atoms with Crippen LogP contribution in [-0.2, 0) is 16.9 Å². The molecule has 0 unspecified atom stereocenters. The monoisotopic (exact) mass is 387 g/mol. The third-order valence-corrected chi connectivity index (χ3v) is 5.95. The molecule has 6 nitrogen and oxygen atoms in total. The first kappa shape index (κ1) is 18.3. The van der Waals surface area contributed by atoms with E-state index in [-0.39, 0.29) is 16.4 Å². The van der Waals surface area contributed by atoms with Crippen LogP contribution in [0.15, 0.2) is 64.6 Å². The maximum atomic E-state index is 12.3. The SMILES string of the molecule is Cn1c(SCC(=O)c2ccc(S(C)(=O)=O)cc2)nnc1-c1ccccc1. The fourth-order valence-corrected chi connectivity index (χ4v) is 3.82. The number of sulfone groups is 1. The lowest BCUT2D eigenvalue weighted by Crippen LogP contribution is -2.05. The van der Waals surface area contributed by atoms with E-state index in [9.17, 15) is 13.2 Å². The zero-order valence-electron chi connectivity index (χ0n) is 14.3. The van der Waals surface area contributed by atoms with Crippen LogP contribution >= 0.6 is 11.8 Å². The van der Waals surface area contributed by atoms with Crippen molar-refractivity contribution in [1.29, 1.82) is 0 Å². The third-order valence-electron chi connectivity index (χ3n) is 3.80. The molecule has 0 spiro atoms. The second kappa shape index (κ2) is 7.43. The molecule has 0 saturated carbocycles. The van der Waals surface area contributed by atoms with Gasteiger partial charge in [-0.15, -0.1) is 10.2 Å². The summed E-state index contributed by atoms with van der Waals surface area (Å²) in [4.78, 5) is 12.5. The van der Waals surface area contributed by atoms with E-state index in [0.717, 1.165) is 17.6 Å². The van der Waals surface area contributed by atoms with Crippen LogP contribution in [0, 0.1) is 0 Å². The molecule has 3 rings (SSSR count). The Bertz CT molecular complexity index is 1030. The van der Waals surface area contributed by atoms with E-state index >= 15 is 0 Å². The Balaban J connectivity index is 1.70. The lowest BCUT2D eigenvalue weighted by molar-refractivity contribution is 0.102. The lowest BCUT2D eigenvalue weighted by atomic mass is 10.1. The Labute approximate surface area is 156 Å². The number of rotatable bonds is 6. The Kier molecular flexibility index (Phi) is 5.24. The van der Waals surface area contributed by atoms with Crippen LogP contribution in [0.3, 0.4) is 0 Å². The summed E-state index contributed by atoms with van der Waals surface area (Å²) in [6, 6.07) is 15.7. The molecule has 0 fully saturated rings. The molecule has 0 bridgehead atoms. The normalized spacial score (nSPS) is 11.5. The summed E-state index contributed by atoms with van der Waals surface area (Å²) >= 11 is 1.30. The molecule has 8 heteroatoms. The molecule has 26 heavy (non-hydrogen) atoms. The molecule has 0 amide bonds. The highest BCUT2D eigenvalue weighted by Crippen LogP contribution is 2.23. The van der Waals surface area contributed by atoms with Gasteiger partial charge in [0.15, 0.2) is 26.6 Å². The second-order valence-corrected chi connectivity index (χ2v) is 8.70. The summed E-state index contributed by atoms with van der Waals surface area (Å²) in [5.74, 6) is 0.830. The summed E-state index contributed by atoms with van der Waals surface area (Å²) in [6.45, 7) is 0. The fourth-order valence-electron chi connectivity index (χ4n) is 2.38. The zero-order valence-corrected chi connectivity index (χ0v) is 15.9. The van der Waals surface area contributed by atoms with Crippen LogP contribution in [-0.4, -0.2) is 41.0 Å². The molecule has 0 aliphatic carbocycles. The number of carbonyl (C=O) groups excluding carboxylic acids is 1. The van der Waals surface area contributed by atoms with Gasteiger partial charge in [-0.25, -0.2) is 8.42 Å². The van der Waals surface area contributed by atoms with Crippen molar-refractivity contribution in [2.75, 3.05) is 12.0 Å². The first-order valence-electron chi connectivity index (χ1n) is 7.77. The number of ketones is 1. The predicted octanol–water partition coefficient (Wildman–Crippen LogP) is 2.86. The van der Waals surface area contributed by atoms with Crippen molar-refractivity contribution in [2.24, 2.45) is 7.05 Å². The molecular weight excluding hydrogens is 370 g/mol. The Morgan fingerprint density at radius 2 is 1.69 bits per heavy atom. The van der Waals surface area contributed by atoms with E-state index in [4.69, 9.17) is 0 Å². The average molecular weight is 387 g/mol. The minimum Gasteiger partial charge on any atom is -0.305 e. The van der Waals surface area contributed by atoms with Crippen LogP contribution in [0.4, 0.5) is 0 Å². The van der Waals surface area contributed by atoms with Gasteiger partial charge in [-0.2, -0.15) is 0 Å². The topological polar surface area (TPSA) is 81.9 Å². The van der Waals surface area contributed by atoms with Gasteiger partial charge in [0.2, 0.25) is 0 Å². The molecule has 0 N–H and O–H groups in total. The molecule has 3 aromatic rings. The first-order chi connectivity index (χ1) is 12.4. The Morgan fingerprint density at radius 3 is 2.31 bits per heavy atom. The highest BCUT2D eigenvalue weighted by molar-refractivity contribution is 7.99. The summed E-state index contributed by atoms with van der Waals surface area (Å²) in [7, 11) is -1.41. The van der Waals surface area contributed by atoms with Gasteiger partial charge in [-0.3, -0.25) is 4.79 Å². The molecule has 1 aromatic heterocycles. The Hall–Kier alpha value is -2.45. The largest absolute Gasteiger partial charge is 0.305 e. The minimum atomic E-state index is -3.27. The van der Waals surface area contributed by atoms with Gasteiger partial charge in [0.1, 0.15) is 0 Å². The van der Waals surface area contributed by atoms with Crippen LogP contribution < -0.4 is 0 Å². The molecule has 134 valence electrons. The van der Waals surface area contributed by atoms with Crippen LogP contribution in [0.1, 0.15) is 10.4 Å². The molecule has 0 atom stereocenters. The quantitative estimate of drug-likeness (QED) is 0.478. The van der Waals surface area contributed by atoms with E-state index in [1.807, 2.05) is 41.9 Å². The maximum absolute atomic E-state index is 12.3. The molecular formula is C18H17N3O3S2. The van der Waals surface area contributed by atoms with Crippen molar-refractivity contribution in [3.05, 3.63) is 60.2 Å². The number of nitrogens with zero attached hydrogens (tertiary/aromatic N) is 3. The van der Waals surface area contributed by atoms with Gasteiger partial charge in [-0.1, -0.05) is 54.2 Å². The molecule has 2 aromatic carbocycles. The van der Waals surface area contributed by atoms with Crippen molar-refractivity contribution in [2.45, 2.75) is 10.1 Å². The number of hydrogen-bond donors (Lipinski definition) is 0. The van der Waals surface area contributed by atoms with E-state index in [0.29, 0.717) is 10.7 Å². The van der Waals surface area contributed by atoms with Crippen LogP contribution in [0.5, 0.6) is 0 Å². The van der Waals surface area contributed by atoms with Crippen molar-refractivity contribution in [3.8, 4) is 11.4 Å². The fraction of sp³-hybridized carbons (Fsp3) is 0.167. The summed E-state index contributed by atoms with van der Waals surface area (Å²) in [5.41, 5.74) is 1.42. The smallest absolute Gasteiger partial charge is 0.191 e. The number of benzene rings is 2.